The maximum absolute atomic E-state index is 11.8. The molecule has 5 heteroatoms. The Morgan fingerprint density at radius 2 is 2.27 bits per heavy atom. The molecule has 0 radical (unpaired) electrons. The highest BCUT2D eigenvalue weighted by Crippen LogP contribution is 1.92. The average molecular weight is 225 g/mol. The van der Waals surface area contributed by atoms with Gasteiger partial charge in [-0.15, -0.1) is 0 Å². The summed E-state index contributed by atoms with van der Waals surface area (Å²) in [6.45, 7) is 1.45. The molecule has 0 aliphatic carbocycles. The Kier molecular flexibility index (Phi) is 3.99. The molecule has 0 bridgehead atoms. The lowest BCUT2D eigenvalue weighted by Crippen LogP contribution is -2.31. The van der Waals surface area contributed by atoms with Crippen molar-refractivity contribution < 1.29 is 0 Å². The first-order valence-electron chi connectivity index (χ1n) is 4.66. The van der Waals surface area contributed by atoms with Gasteiger partial charge in [0, 0.05) is 19.3 Å². The second-order valence-corrected chi connectivity index (χ2v) is 4.03. The maximum atomic E-state index is 11.8. The van der Waals surface area contributed by atoms with Crippen LogP contribution in [0.25, 0.3) is 0 Å². The van der Waals surface area contributed by atoms with Crippen molar-refractivity contribution in [1.82, 2.24) is 9.47 Å². The molecule has 82 valence electrons. The van der Waals surface area contributed by atoms with Crippen LogP contribution in [0.4, 0.5) is 0 Å². The van der Waals surface area contributed by atoms with Gasteiger partial charge in [0.2, 0.25) is 0 Å². The summed E-state index contributed by atoms with van der Waals surface area (Å²) in [4.78, 5) is 14.0. The topological polar surface area (TPSA) is 51.3 Å². The molecule has 0 aliphatic heterocycles. The van der Waals surface area contributed by atoms with Gasteiger partial charge in [0.1, 0.15) is 4.99 Å². The van der Waals surface area contributed by atoms with Gasteiger partial charge < -0.3 is 15.2 Å². The summed E-state index contributed by atoms with van der Waals surface area (Å²) in [5.74, 6) is 0. The molecular formula is C10H15N3OS. The highest BCUT2D eigenvalue weighted by molar-refractivity contribution is 7.80. The number of aromatic nitrogens is 1. The summed E-state index contributed by atoms with van der Waals surface area (Å²) in [6.07, 6.45) is 1.74. The van der Waals surface area contributed by atoms with Crippen LogP contribution in [-0.2, 0) is 6.54 Å². The quantitative estimate of drug-likeness (QED) is 0.735. The van der Waals surface area contributed by atoms with Crippen LogP contribution in [-0.4, -0.2) is 35.1 Å². The molecule has 0 fully saturated rings. The zero-order valence-electron chi connectivity index (χ0n) is 8.93. The number of thiocarbonyl (C=S) groups is 1. The first-order valence-corrected chi connectivity index (χ1v) is 5.07. The minimum atomic E-state index is -0.119. The van der Waals surface area contributed by atoms with Crippen molar-refractivity contribution >= 4 is 17.2 Å². The van der Waals surface area contributed by atoms with Crippen LogP contribution in [0.2, 0.25) is 0 Å². The summed E-state index contributed by atoms with van der Waals surface area (Å²) < 4.78 is 1.62. The van der Waals surface area contributed by atoms with Crippen LogP contribution in [0.5, 0.6) is 0 Å². The highest BCUT2D eigenvalue weighted by Gasteiger charge is 2.04. The Morgan fingerprint density at radius 3 is 2.80 bits per heavy atom. The molecule has 0 spiro atoms. The molecule has 0 saturated carbocycles. The summed E-state index contributed by atoms with van der Waals surface area (Å²) in [5, 5.41) is 0. The first kappa shape index (κ1) is 11.9. The molecule has 1 rings (SSSR count). The second-order valence-electron chi connectivity index (χ2n) is 3.59. The maximum Gasteiger partial charge on any atom is 0.260 e. The van der Waals surface area contributed by atoms with E-state index in [0.717, 1.165) is 6.54 Å². The van der Waals surface area contributed by atoms with Crippen molar-refractivity contribution in [2.75, 3.05) is 20.6 Å². The lowest BCUT2D eigenvalue weighted by Gasteiger charge is -2.11. The number of likely N-dealkylation sites (N-methyl/N-ethyl adjacent to an activating group) is 1. The number of nitrogens with two attached hydrogens (primary N) is 1. The van der Waals surface area contributed by atoms with Crippen molar-refractivity contribution in [2.24, 2.45) is 5.73 Å². The Labute approximate surface area is 94.3 Å². The van der Waals surface area contributed by atoms with E-state index in [1.165, 1.54) is 0 Å². The zero-order chi connectivity index (χ0) is 11.4. The molecule has 0 saturated heterocycles. The fraction of sp³-hybridized carbons (Fsp3) is 0.400. The minimum Gasteiger partial charge on any atom is -0.389 e. The molecule has 0 atom stereocenters. The Bertz CT molecular complexity index is 411. The van der Waals surface area contributed by atoms with E-state index >= 15 is 0 Å². The first-order chi connectivity index (χ1) is 7.02. The molecule has 0 unspecified atom stereocenters. The van der Waals surface area contributed by atoms with E-state index in [1.54, 1.807) is 22.9 Å². The normalized spacial score (nSPS) is 10.6. The van der Waals surface area contributed by atoms with Gasteiger partial charge in [-0.25, -0.2) is 0 Å². The minimum absolute atomic E-state index is 0.119. The van der Waals surface area contributed by atoms with E-state index < -0.39 is 0 Å². The monoisotopic (exact) mass is 225 g/mol. The lowest BCUT2D eigenvalue weighted by atomic mass is 10.3. The van der Waals surface area contributed by atoms with Gasteiger partial charge in [-0.1, -0.05) is 12.2 Å². The standard InChI is InChI=1S/C10H15N3OS/c1-12(2)6-7-13-5-3-4-8(9(11)15)10(13)14/h3-5H,6-7H2,1-2H3,(H2,11,15). The molecule has 0 amide bonds. The van der Waals surface area contributed by atoms with E-state index in [9.17, 15) is 4.79 Å². The van der Waals surface area contributed by atoms with Gasteiger partial charge in [0.05, 0.1) is 5.56 Å². The number of hydrogen-bond acceptors (Lipinski definition) is 3. The third-order valence-electron chi connectivity index (χ3n) is 2.07. The number of rotatable bonds is 4. The second kappa shape index (κ2) is 5.04. The lowest BCUT2D eigenvalue weighted by molar-refractivity contribution is 0.381. The Hall–Kier alpha value is -1.20. The highest BCUT2D eigenvalue weighted by atomic mass is 32.1. The van der Waals surface area contributed by atoms with Gasteiger partial charge >= 0.3 is 0 Å². The van der Waals surface area contributed by atoms with E-state index in [2.05, 4.69) is 0 Å². The van der Waals surface area contributed by atoms with Gasteiger partial charge in [-0.3, -0.25) is 4.79 Å². The Balaban J connectivity index is 2.95. The third kappa shape index (κ3) is 3.14. The van der Waals surface area contributed by atoms with Crippen LogP contribution in [0.15, 0.2) is 23.1 Å². The number of nitrogens with zero attached hydrogens (tertiary/aromatic N) is 2. The van der Waals surface area contributed by atoms with E-state index in [-0.39, 0.29) is 10.5 Å². The van der Waals surface area contributed by atoms with Gasteiger partial charge in [-0.2, -0.15) is 0 Å². The van der Waals surface area contributed by atoms with Crippen molar-refractivity contribution in [3.05, 3.63) is 34.2 Å². The molecule has 1 aromatic heterocycles. The number of pyridine rings is 1. The number of hydrogen-bond donors (Lipinski definition) is 1. The van der Waals surface area contributed by atoms with Crippen molar-refractivity contribution in [2.45, 2.75) is 6.54 Å². The van der Waals surface area contributed by atoms with Crippen molar-refractivity contribution in [3.8, 4) is 0 Å². The smallest absolute Gasteiger partial charge is 0.260 e. The zero-order valence-corrected chi connectivity index (χ0v) is 9.75. The molecule has 4 nitrogen and oxygen atoms in total. The Morgan fingerprint density at radius 1 is 1.60 bits per heavy atom. The predicted molar refractivity (Wildman–Crippen MR) is 65.1 cm³/mol. The van der Waals surface area contributed by atoms with Gasteiger partial charge in [-0.05, 0) is 26.2 Å². The molecule has 15 heavy (non-hydrogen) atoms. The van der Waals surface area contributed by atoms with Gasteiger partial charge in [0.15, 0.2) is 0 Å². The van der Waals surface area contributed by atoms with Crippen LogP contribution in [0.1, 0.15) is 5.56 Å². The summed E-state index contributed by atoms with van der Waals surface area (Å²) in [5.41, 5.74) is 5.74. The molecule has 0 aliphatic rings. The van der Waals surface area contributed by atoms with Crippen LogP contribution in [0, 0.1) is 0 Å². The van der Waals surface area contributed by atoms with E-state index in [4.69, 9.17) is 18.0 Å². The summed E-state index contributed by atoms with van der Waals surface area (Å²) in [7, 11) is 3.92. The van der Waals surface area contributed by atoms with E-state index in [0.29, 0.717) is 12.1 Å². The van der Waals surface area contributed by atoms with Gasteiger partial charge in [0.25, 0.3) is 5.56 Å². The third-order valence-corrected chi connectivity index (χ3v) is 2.29. The average Bonchev–Trinajstić information content (AvgIpc) is 2.15. The fourth-order valence-corrected chi connectivity index (χ4v) is 1.36. The molecule has 2 N–H and O–H groups in total. The van der Waals surface area contributed by atoms with Crippen LogP contribution >= 0.6 is 12.2 Å². The SMILES string of the molecule is CN(C)CCn1cccc(C(N)=S)c1=O. The largest absolute Gasteiger partial charge is 0.389 e. The fourth-order valence-electron chi connectivity index (χ4n) is 1.21. The van der Waals surface area contributed by atoms with Crippen LogP contribution < -0.4 is 11.3 Å². The molecule has 1 aromatic rings. The predicted octanol–water partition coefficient (Wildman–Crippen LogP) is 0.0441. The van der Waals surface area contributed by atoms with E-state index in [1.807, 2.05) is 19.0 Å². The summed E-state index contributed by atoms with van der Waals surface area (Å²) in [6, 6.07) is 3.43. The molecule has 0 aromatic carbocycles. The molecular weight excluding hydrogens is 210 g/mol. The van der Waals surface area contributed by atoms with Crippen molar-refractivity contribution in [1.29, 1.82) is 0 Å². The molecule has 1 heterocycles. The van der Waals surface area contributed by atoms with Crippen molar-refractivity contribution in [3.63, 3.8) is 0 Å². The summed E-state index contributed by atoms with van der Waals surface area (Å²) >= 11 is 4.80. The van der Waals surface area contributed by atoms with Crippen LogP contribution in [0.3, 0.4) is 0 Å².